The van der Waals surface area contributed by atoms with Crippen molar-refractivity contribution >= 4 is 12.6 Å². The fourth-order valence-electron chi connectivity index (χ4n) is 0.533. The van der Waals surface area contributed by atoms with Crippen LogP contribution < -0.4 is 0 Å². The summed E-state index contributed by atoms with van der Waals surface area (Å²) < 4.78 is 1.29. The maximum absolute atomic E-state index is 10.0. The fourth-order valence-corrected chi connectivity index (χ4v) is 0.533. The van der Waals surface area contributed by atoms with E-state index in [9.17, 15) is 9.59 Å². The molecule has 5 heteroatoms. The predicted octanol–water partition coefficient (Wildman–Crippen LogP) is -0.711. The Balaban J connectivity index is 2.77. The van der Waals surface area contributed by atoms with Crippen LogP contribution in [-0.4, -0.2) is 27.6 Å². The third-order valence-electron chi connectivity index (χ3n) is 0.939. The van der Waals surface area contributed by atoms with Crippen molar-refractivity contribution in [2.75, 3.05) is 0 Å². The molecule has 0 radical (unpaired) electrons. The van der Waals surface area contributed by atoms with Gasteiger partial charge in [0.2, 0.25) is 0 Å². The van der Waals surface area contributed by atoms with Gasteiger partial charge in [-0.1, -0.05) is 5.21 Å². The fraction of sp³-hybridized carbons (Fsp3) is 0.200. The minimum Gasteiger partial charge on any atom is -0.301 e. The molecule has 1 heterocycles. The molecule has 10 heavy (non-hydrogen) atoms. The quantitative estimate of drug-likeness (QED) is 0.519. The summed E-state index contributed by atoms with van der Waals surface area (Å²) in [6, 6.07) is 0. The Bertz CT molecular complexity index is 243. The van der Waals surface area contributed by atoms with Crippen molar-refractivity contribution in [3.63, 3.8) is 0 Å². The number of nitrogens with zero attached hydrogens (tertiary/aromatic N) is 3. The molecule has 0 saturated heterocycles. The lowest BCUT2D eigenvalue weighted by molar-refractivity contribution is -0.108. The molecule has 0 saturated carbocycles. The van der Waals surface area contributed by atoms with E-state index >= 15 is 0 Å². The van der Waals surface area contributed by atoms with Gasteiger partial charge in [-0.05, 0) is 0 Å². The zero-order valence-electron chi connectivity index (χ0n) is 5.10. The average Bonchev–Trinajstić information content (AvgIpc) is 2.37. The largest absolute Gasteiger partial charge is 0.301 e. The van der Waals surface area contributed by atoms with E-state index in [1.54, 1.807) is 0 Å². The second-order valence-corrected chi connectivity index (χ2v) is 1.65. The minimum atomic E-state index is 0.140. The van der Waals surface area contributed by atoms with Crippen molar-refractivity contribution in [2.24, 2.45) is 0 Å². The zero-order valence-corrected chi connectivity index (χ0v) is 5.10. The van der Waals surface area contributed by atoms with E-state index in [0.717, 1.165) is 0 Å². The van der Waals surface area contributed by atoms with Gasteiger partial charge in [0.1, 0.15) is 12.0 Å². The highest BCUT2D eigenvalue weighted by Gasteiger charge is 1.95. The van der Waals surface area contributed by atoms with Crippen LogP contribution in [0.15, 0.2) is 6.20 Å². The maximum Gasteiger partial charge on any atom is 0.171 e. The van der Waals surface area contributed by atoms with Crippen LogP contribution in [0.3, 0.4) is 0 Å². The first-order valence-electron chi connectivity index (χ1n) is 2.66. The number of carbonyl (C=O) groups excluding carboxylic acids is 2. The van der Waals surface area contributed by atoms with Gasteiger partial charge in [0.05, 0.1) is 12.7 Å². The van der Waals surface area contributed by atoms with Crippen LogP contribution in [0.5, 0.6) is 0 Å². The van der Waals surface area contributed by atoms with E-state index < -0.39 is 0 Å². The Morgan fingerprint density at radius 2 is 2.40 bits per heavy atom. The SMILES string of the molecule is O=CCn1cc(C=O)nn1. The maximum atomic E-state index is 10.0. The summed E-state index contributed by atoms with van der Waals surface area (Å²) in [5.74, 6) is 0. The second-order valence-electron chi connectivity index (χ2n) is 1.65. The first-order valence-corrected chi connectivity index (χ1v) is 2.66. The normalized spacial score (nSPS) is 9.20. The summed E-state index contributed by atoms with van der Waals surface area (Å²) in [5, 5.41) is 6.92. The second kappa shape index (κ2) is 2.86. The van der Waals surface area contributed by atoms with E-state index in [0.29, 0.717) is 12.6 Å². The van der Waals surface area contributed by atoms with Gasteiger partial charge in [-0.25, -0.2) is 4.68 Å². The first kappa shape index (κ1) is 6.60. The average molecular weight is 139 g/mol. The van der Waals surface area contributed by atoms with Gasteiger partial charge in [-0.3, -0.25) is 4.79 Å². The number of hydrogen-bond acceptors (Lipinski definition) is 4. The highest BCUT2D eigenvalue weighted by Crippen LogP contribution is 1.85. The van der Waals surface area contributed by atoms with E-state index in [4.69, 9.17) is 0 Å². The lowest BCUT2D eigenvalue weighted by atomic mass is 10.5. The van der Waals surface area contributed by atoms with Crippen molar-refractivity contribution in [2.45, 2.75) is 6.54 Å². The molecule has 0 N–H and O–H groups in total. The Hall–Kier alpha value is -1.52. The number of hydrogen-bond donors (Lipinski definition) is 0. The van der Waals surface area contributed by atoms with Crippen molar-refractivity contribution < 1.29 is 9.59 Å². The monoisotopic (exact) mass is 139 g/mol. The van der Waals surface area contributed by atoms with Crippen molar-refractivity contribution in [3.8, 4) is 0 Å². The third-order valence-corrected chi connectivity index (χ3v) is 0.939. The molecule has 0 atom stereocenters. The summed E-state index contributed by atoms with van der Waals surface area (Å²) in [6.07, 6.45) is 2.67. The van der Waals surface area contributed by atoms with Gasteiger partial charge in [0.15, 0.2) is 6.29 Å². The van der Waals surface area contributed by atoms with Crippen LogP contribution in [0.1, 0.15) is 10.5 Å². The molecule has 1 aromatic rings. The smallest absolute Gasteiger partial charge is 0.171 e. The molecule has 1 rings (SSSR count). The molecule has 0 aliphatic rings. The molecule has 0 aliphatic carbocycles. The lowest BCUT2D eigenvalue weighted by Gasteiger charge is -1.84. The number of carbonyl (C=O) groups is 2. The van der Waals surface area contributed by atoms with E-state index in [1.165, 1.54) is 10.9 Å². The van der Waals surface area contributed by atoms with Gasteiger partial charge in [-0.2, -0.15) is 0 Å². The van der Waals surface area contributed by atoms with Crippen LogP contribution in [0.2, 0.25) is 0 Å². The standard InChI is InChI=1S/C5H5N3O2/c9-2-1-8-3-5(4-10)6-7-8/h2-4H,1H2. The third kappa shape index (κ3) is 1.25. The van der Waals surface area contributed by atoms with Crippen LogP contribution in [0.4, 0.5) is 0 Å². The first-order chi connectivity index (χ1) is 4.86. The summed E-state index contributed by atoms with van der Waals surface area (Å²) >= 11 is 0. The molecule has 5 nitrogen and oxygen atoms in total. The van der Waals surface area contributed by atoms with Gasteiger partial charge >= 0.3 is 0 Å². The molecule has 52 valence electrons. The molecule has 0 amide bonds. The lowest BCUT2D eigenvalue weighted by Crippen LogP contribution is -1.98. The Morgan fingerprint density at radius 3 is 2.90 bits per heavy atom. The molecule has 0 unspecified atom stereocenters. The Labute approximate surface area is 56.6 Å². The van der Waals surface area contributed by atoms with E-state index in [1.807, 2.05) is 0 Å². The molecule has 0 aliphatic heterocycles. The van der Waals surface area contributed by atoms with Gasteiger partial charge in [-0.15, -0.1) is 5.10 Å². The molecule has 0 fully saturated rings. The van der Waals surface area contributed by atoms with Crippen molar-refractivity contribution in [1.82, 2.24) is 15.0 Å². The van der Waals surface area contributed by atoms with Crippen molar-refractivity contribution in [3.05, 3.63) is 11.9 Å². The summed E-state index contributed by atoms with van der Waals surface area (Å²) in [7, 11) is 0. The number of aldehydes is 2. The van der Waals surface area contributed by atoms with Crippen molar-refractivity contribution in [1.29, 1.82) is 0 Å². The predicted molar refractivity (Wildman–Crippen MR) is 31.5 cm³/mol. The van der Waals surface area contributed by atoms with E-state index in [2.05, 4.69) is 10.3 Å². The minimum absolute atomic E-state index is 0.140. The van der Waals surface area contributed by atoms with Crippen LogP contribution in [-0.2, 0) is 11.3 Å². The van der Waals surface area contributed by atoms with Gasteiger partial charge < -0.3 is 4.79 Å². The molecule has 0 spiro atoms. The number of aromatic nitrogens is 3. The van der Waals surface area contributed by atoms with Crippen LogP contribution >= 0.6 is 0 Å². The Kier molecular flexibility index (Phi) is 1.89. The summed E-state index contributed by atoms with van der Waals surface area (Å²) in [6.45, 7) is 0.140. The summed E-state index contributed by atoms with van der Waals surface area (Å²) in [4.78, 5) is 19.9. The zero-order chi connectivity index (χ0) is 7.40. The van der Waals surface area contributed by atoms with Crippen LogP contribution in [0.25, 0.3) is 0 Å². The van der Waals surface area contributed by atoms with Gasteiger partial charge in [0.25, 0.3) is 0 Å². The molecule has 0 aromatic carbocycles. The highest BCUT2D eigenvalue weighted by atomic mass is 16.1. The highest BCUT2D eigenvalue weighted by molar-refractivity contribution is 5.70. The van der Waals surface area contributed by atoms with E-state index in [-0.39, 0.29) is 12.2 Å². The topological polar surface area (TPSA) is 64.8 Å². The van der Waals surface area contributed by atoms with Gasteiger partial charge in [0, 0.05) is 0 Å². The molecule has 1 aromatic heterocycles. The molecular formula is C5H5N3O2. The Morgan fingerprint density at radius 1 is 1.60 bits per heavy atom. The molecular weight excluding hydrogens is 134 g/mol. The van der Waals surface area contributed by atoms with Crippen LogP contribution in [0, 0.1) is 0 Å². The summed E-state index contributed by atoms with van der Waals surface area (Å²) in [5.41, 5.74) is 0.238. The number of rotatable bonds is 3. The molecule has 0 bridgehead atoms.